The van der Waals surface area contributed by atoms with E-state index in [1.165, 1.54) is 11.1 Å². The van der Waals surface area contributed by atoms with Gasteiger partial charge in [-0.05, 0) is 54.3 Å². The maximum absolute atomic E-state index is 5.99. The molecule has 0 saturated carbocycles. The van der Waals surface area contributed by atoms with Gasteiger partial charge in [-0.2, -0.15) is 4.57 Å². The molecular weight excluding hydrogens is 384 g/mol. The van der Waals surface area contributed by atoms with Gasteiger partial charge in [0.25, 0.3) is 5.52 Å². The number of aryl methyl sites for hydroxylation is 1. The number of aromatic nitrogens is 1. The molecule has 0 fully saturated rings. The van der Waals surface area contributed by atoms with Gasteiger partial charge in [0.15, 0.2) is 11.6 Å². The zero-order chi connectivity index (χ0) is 21.8. The lowest BCUT2D eigenvalue weighted by Gasteiger charge is -2.10. The third-order valence-electron chi connectivity index (χ3n) is 5.61. The van der Waals surface area contributed by atoms with Crippen molar-refractivity contribution in [2.24, 2.45) is 7.05 Å². The van der Waals surface area contributed by atoms with Crippen molar-refractivity contribution in [3.05, 3.63) is 95.8 Å². The molecule has 4 rings (SSSR count). The van der Waals surface area contributed by atoms with Crippen molar-refractivity contribution in [3.63, 3.8) is 0 Å². The molecule has 158 valence electrons. The zero-order valence-corrected chi connectivity index (χ0v) is 18.6. The molecule has 1 aromatic heterocycles. The molecule has 0 unspecified atom stereocenters. The summed E-state index contributed by atoms with van der Waals surface area (Å²) in [6.07, 6.45) is 12.5. The summed E-state index contributed by atoms with van der Waals surface area (Å²) in [6.45, 7) is 4.34. The number of rotatable bonds is 6. The van der Waals surface area contributed by atoms with Crippen LogP contribution in [0.4, 0.5) is 5.69 Å². The summed E-state index contributed by atoms with van der Waals surface area (Å²) in [5.74, 6) is 2.57. The van der Waals surface area contributed by atoms with Crippen LogP contribution in [-0.4, -0.2) is 7.05 Å². The average Bonchev–Trinajstić information content (AvgIpc) is 3.30. The van der Waals surface area contributed by atoms with E-state index >= 15 is 0 Å². The number of nitrogens with zero attached hydrogens (tertiary/aromatic N) is 2. The molecule has 31 heavy (non-hydrogen) atoms. The standard InChI is InChI=1S/C27H29N2O2/c1-5-20(15-17-26-28(3)22-11-7-9-13-24(22)30-26)19-21(6-2)16-18-27-29(4)23-12-8-10-14-25(23)31-27/h7-19H,5-6H2,1-4H3/q+1. The van der Waals surface area contributed by atoms with Gasteiger partial charge in [-0.25, -0.2) is 0 Å². The topological polar surface area (TPSA) is 29.5 Å². The second-order valence-electron chi connectivity index (χ2n) is 7.60. The molecule has 0 amide bonds. The van der Waals surface area contributed by atoms with Gasteiger partial charge in [-0.3, -0.25) is 0 Å². The van der Waals surface area contributed by atoms with Gasteiger partial charge in [0.1, 0.15) is 7.05 Å². The maximum atomic E-state index is 5.99. The predicted molar refractivity (Wildman–Crippen MR) is 127 cm³/mol. The summed E-state index contributed by atoms with van der Waals surface area (Å²) in [7, 11) is 4.06. The molecule has 1 aliphatic rings. The molecule has 0 aliphatic carbocycles. The Balaban J connectivity index is 1.55. The van der Waals surface area contributed by atoms with E-state index in [2.05, 4.69) is 53.7 Å². The molecule has 3 aromatic rings. The molecular formula is C27H29N2O2+. The van der Waals surface area contributed by atoms with Crippen molar-refractivity contribution in [1.29, 1.82) is 0 Å². The van der Waals surface area contributed by atoms with Crippen molar-refractivity contribution in [2.75, 3.05) is 11.9 Å². The maximum Gasteiger partial charge on any atom is 0.373 e. The van der Waals surface area contributed by atoms with E-state index < -0.39 is 0 Å². The highest BCUT2D eigenvalue weighted by atomic mass is 16.5. The van der Waals surface area contributed by atoms with Gasteiger partial charge < -0.3 is 14.1 Å². The van der Waals surface area contributed by atoms with Crippen LogP contribution in [0.1, 0.15) is 32.6 Å². The molecule has 2 aromatic carbocycles. The first-order valence-electron chi connectivity index (χ1n) is 10.8. The number of allylic oxidation sites excluding steroid dienone is 6. The van der Waals surface area contributed by atoms with E-state index in [0.717, 1.165) is 47.2 Å². The summed E-state index contributed by atoms with van der Waals surface area (Å²) < 4.78 is 14.0. The number of anilines is 1. The summed E-state index contributed by atoms with van der Waals surface area (Å²) in [5.41, 5.74) is 5.57. The van der Waals surface area contributed by atoms with Gasteiger partial charge in [-0.1, -0.05) is 50.3 Å². The fraction of sp³-hybridized carbons (Fsp3) is 0.222. The van der Waals surface area contributed by atoms with Crippen molar-refractivity contribution >= 4 is 22.9 Å². The number of benzene rings is 2. The fourth-order valence-corrected chi connectivity index (χ4v) is 3.66. The fourth-order valence-electron chi connectivity index (χ4n) is 3.66. The Morgan fingerprint density at radius 2 is 1.74 bits per heavy atom. The minimum atomic E-state index is 0.837. The molecule has 4 nitrogen and oxygen atoms in total. The van der Waals surface area contributed by atoms with E-state index in [4.69, 9.17) is 9.15 Å². The molecule has 1 aliphatic heterocycles. The molecule has 0 radical (unpaired) electrons. The van der Waals surface area contributed by atoms with Crippen molar-refractivity contribution < 1.29 is 13.7 Å². The minimum Gasteiger partial charge on any atom is -0.439 e. The summed E-state index contributed by atoms with van der Waals surface area (Å²) in [6, 6.07) is 16.2. The lowest BCUT2D eigenvalue weighted by atomic mass is 10.1. The quantitative estimate of drug-likeness (QED) is 0.350. The van der Waals surface area contributed by atoms with Crippen LogP contribution in [-0.2, 0) is 7.05 Å². The van der Waals surface area contributed by atoms with Gasteiger partial charge in [-0.15, -0.1) is 0 Å². The number of ether oxygens (including phenoxy) is 1. The van der Waals surface area contributed by atoms with E-state index in [0.29, 0.717) is 0 Å². The molecule has 2 heterocycles. The monoisotopic (exact) mass is 413 g/mol. The normalized spacial score (nSPS) is 15.9. The summed E-state index contributed by atoms with van der Waals surface area (Å²) in [4.78, 5) is 2.07. The summed E-state index contributed by atoms with van der Waals surface area (Å²) in [5, 5.41) is 0. The van der Waals surface area contributed by atoms with Gasteiger partial charge in [0.2, 0.25) is 5.58 Å². The Kier molecular flexibility index (Phi) is 6.08. The highest BCUT2D eigenvalue weighted by molar-refractivity contribution is 5.69. The number of hydrogen-bond acceptors (Lipinski definition) is 3. The molecule has 0 atom stereocenters. The Morgan fingerprint density at radius 3 is 2.48 bits per heavy atom. The second-order valence-corrected chi connectivity index (χ2v) is 7.60. The van der Waals surface area contributed by atoms with E-state index in [-0.39, 0.29) is 0 Å². The lowest BCUT2D eigenvalue weighted by Crippen LogP contribution is -2.29. The van der Waals surface area contributed by atoms with Crippen molar-refractivity contribution in [2.45, 2.75) is 26.7 Å². The Bertz CT molecular complexity index is 1210. The highest BCUT2D eigenvalue weighted by Gasteiger charge is 2.21. The molecule has 0 N–H and O–H groups in total. The molecule has 0 spiro atoms. The Morgan fingerprint density at radius 1 is 1.00 bits per heavy atom. The Labute approximate surface area is 184 Å². The van der Waals surface area contributed by atoms with Crippen LogP contribution in [0.2, 0.25) is 0 Å². The second kappa shape index (κ2) is 9.09. The minimum absolute atomic E-state index is 0.837. The van der Waals surface area contributed by atoms with E-state index in [1.807, 2.05) is 62.6 Å². The SMILES string of the molecule is CCC(=CC=C1Oc2ccccc2N1C)C=C(C=Cc1oc2ccccc2[n+]1C)CC. The van der Waals surface area contributed by atoms with Crippen LogP contribution in [0.5, 0.6) is 5.75 Å². The lowest BCUT2D eigenvalue weighted by molar-refractivity contribution is -0.652. The van der Waals surface area contributed by atoms with Gasteiger partial charge in [0, 0.05) is 13.1 Å². The summed E-state index contributed by atoms with van der Waals surface area (Å²) >= 11 is 0. The van der Waals surface area contributed by atoms with Crippen LogP contribution in [0.25, 0.3) is 17.2 Å². The van der Waals surface area contributed by atoms with Crippen LogP contribution in [0.15, 0.2) is 94.3 Å². The number of oxazole rings is 1. The third kappa shape index (κ3) is 4.33. The smallest absolute Gasteiger partial charge is 0.373 e. The number of hydrogen-bond donors (Lipinski definition) is 0. The first kappa shape index (κ1) is 20.7. The van der Waals surface area contributed by atoms with Crippen molar-refractivity contribution in [3.8, 4) is 5.75 Å². The van der Waals surface area contributed by atoms with Crippen LogP contribution in [0.3, 0.4) is 0 Å². The molecule has 0 bridgehead atoms. The predicted octanol–water partition coefficient (Wildman–Crippen LogP) is 6.31. The first-order chi connectivity index (χ1) is 15.1. The van der Waals surface area contributed by atoms with Crippen LogP contribution >= 0.6 is 0 Å². The van der Waals surface area contributed by atoms with Crippen molar-refractivity contribution in [1.82, 2.24) is 0 Å². The first-order valence-corrected chi connectivity index (χ1v) is 10.8. The van der Waals surface area contributed by atoms with E-state index in [1.54, 1.807) is 0 Å². The van der Waals surface area contributed by atoms with E-state index in [9.17, 15) is 0 Å². The van der Waals surface area contributed by atoms with Gasteiger partial charge >= 0.3 is 5.89 Å². The number of para-hydroxylation sites is 4. The third-order valence-corrected chi connectivity index (χ3v) is 5.61. The largest absolute Gasteiger partial charge is 0.439 e. The van der Waals surface area contributed by atoms with Crippen LogP contribution in [0, 0.1) is 0 Å². The Hall–Kier alpha value is -3.53. The molecule has 4 heteroatoms. The molecule has 0 saturated heterocycles. The van der Waals surface area contributed by atoms with Gasteiger partial charge in [0.05, 0.1) is 11.8 Å². The average molecular weight is 414 g/mol. The van der Waals surface area contributed by atoms with Crippen LogP contribution < -0.4 is 14.2 Å². The zero-order valence-electron chi connectivity index (χ0n) is 18.6. The highest BCUT2D eigenvalue weighted by Crippen LogP contribution is 2.37. The number of fused-ring (bicyclic) bond motifs is 2.